The Bertz CT molecular complexity index is 449. The number of rotatable bonds is 2. The van der Waals surface area contributed by atoms with Crippen LogP contribution in [-0.4, -0.2) is 11.5 Å². The molecule has 80 valence electrons. The van der Waals surface area contributed by atoms with Gasteiger partial charge in [0.1, 0.15) is 0 Å². The highest BCUT2D eigenvalue weighted by atomic mass is 14.9. The van der Waals surface area contributed by atoms with Gasteiger partial charge < -0.3 is 10.3 Å². The summed E-state index contributed by atoms with van der Waals surface area (Å²) in [5, 5.41) is 4.71. The average molecular weight is 202 g/mol. The van der Waals surface area contributed by atoms with Gasteiger partial charge in [0.15, 0.2) is 0 Å². The summed E-state index contributed by atoms with van der Waals surface area (Å²) in [6.07, 6.45) is 1.97. The highest BCUT2D eigenvalue weighted by Gasteiger charge is 2.09. The zero-order valence-corrected chi connectivity index (χ0v) is 9.59. The van der Waals surface area contributed by atoms with Crippen molar-refractivity contribution >= 4 is 16.6 Å². The minimum absolute atomic E-state index is 0.313. The summed E-state index contributed by atoms with van der Waals surface area (Å²) in [7, 11) is 0. The van der Waals surface area contributed by atoms with E-state index in [0.717, 1.165) is 6.54 Å². The lowest BCUT2D eigenvalue weighted by Gasteiger charge is -2.19. The summed E-state index contributed by atoms with van der Waals surface area (Å²) >= 11 is 0. The molecular weight excluding hydrogens is 184 g/mol. The first-order valence-corrected chi connectivity index (χ1v) is 5.36. The number of benzene rings is 1. The Morgan fingerprint density at radius 2 is 2.00 bits per heavy atom. The number of H-pyrrole nitrogens is 1. The SMILES string of the molecule is CC(C)(C)CNc1ccc2[nH]ccc2c1. The second-order valence-corrected chi connectivity index (χ2v) is 5.19. The van der Waals surface area contributed by atoms with Gasteiger partial charge in [0.05, 0.1) is 0 Å². The van der Waals surface area contributed by atoms with Crippen LogP contribution in [-0.2, 0) is 0 Å². The predicted octanol–water partition coefficient (Wildman–Crippen LogP) is 3.63. The van der Waals surface area contributed by atoms with Crippen LogP contribution in [0.1, 0.15) is 20.8 Å². The molecule has 0 saturated carbocycles. The Balaban J connectivity index is 2.15. The summed E-state index contributed by atoms with van der Waals surface area (Å²) in [5.41, 5.74) is 2.70. The number of nitrogens with one attached hydrogen (secondary N) is 2. The number of anilines is 1. The zero-order chi connectivity index (χ0) is 10.9. The van der Waals surface area contributed by atoms with Gasteiger partial charge in [-0.15, -0.1) is 0 Å². The standard InChI is InChI=1S/C13H18N2/c1-13(2,3)9-15-11-4-5-12-10(8-11)6-7-14-12/h4-8,14-15H,9H2,1-3H3. The van der Waals surface area contributed by atoms with E-state index in [9.17, 15) is 0 Å². The van der Waals surface area contributed by atoms with Crippen molar-refractivity contribution in [3.63, 3.8) is 0 Å². The van der Waals surface area contributed by atoms with Crippen LogP contribution in [0.15, 0.2) is 30.5 Å². The fourth-order valence-corrected chi connectivity index (χ4v) is 1.53. The number of fused-ring (bicyclic) bond motifs is 1. The number of aromatic nitrogens is 1. The van der Waals surface area contributed by atoms with Crippen molar-refractivity contribution in [1.29, 1.82) is 0 Å². The molecule has 2 nitrogen and oxygen atoms in total. The number of aromatic amines is 1. The molecule has 2 rings (SSSR count). The fraction of sp³-hybridized carbons (Fsp3) is 0.385. The van der Waals surface area contributed by atoms with Crippen LogP contribution in [0.4, 0.5) is 5.69 Å². The fourth-order valence-electron chi connectivity index (χ4n) is 1.53. The molecule has 15 heavy (non-hydrogen) atoms. The van der Waals surface area contributed by atoms with Gasteiger partial charge in [-0.2, -0.15) is 0 Å². The number of hydrogen-bond donors (Lipinski definition) is 2. The molecule has 0 aliphatic rings. The van der Waals surface area contributed by atoms with Crippen LogP contribution in [0.3, 0.4) is 0 Å². The smallest absolute Gasteiger partial charge is 0.0455 e. The first kappa shape index (κ1) is 10.1. The maximum atomic E-state index is 3.45. The zero-order valence-electron chi connectivity index (χ0n) is 9.59. The van der Waals surface area contributed by atoms with E-state index in [0.29, 0.717) is 5.41 Å². The Morgan fingerprint density at radius 3 is 2.73 bits per heavy atom. The van der Waals surface area contributed by atoms with Crippen molar-refractivity contribution in [3.05, 3.63) is 30.5 Å². The molecule has 2 N–H and O–H groups in total. The first-order valence-electron chi connectivity index (χ1n) is 5.36. The van der Waals surface area contributed by atoms with Gasteiger partial charge in [-0.25, -0.2) is 0 Å². The molecule has 1 aromatic carbocycles. The molecule has 0 radical (unpaired) electrons. The van der Waals surface area contributed by atoms with Crippen molar-refractivity contribution in [3.8, 4) is 0 Å². The monoisotopic (exact) mass is 202 g/mol. The Kier molecular flexibility index (Phi) is 2.43. The van der Waals surface area contributed by atoms with Crippen molar-refractivity contribution in [2.75, 3.05) is 11.9 Å². The van der Waals surface area contributed by atoms with E-state index in [1.54, 1.807) is 0 Å². The molecule has 2 aromatic rings. The summed E-state index contributed by atoms with van der Waals surface area (Å²) in [6, 6.07) is 8.50. The van der Waals surface area contributed by atoms with Crippen molar-refractivity contribution in [2.24, 2.45) is 5.41 Å². The Hall–Kier alpha value is -1.44. The maximum absolute atomic E-state index is 3.45. The Morgan fingerprint density at radius 1 is 1.20 bits per heavy atom. The third-order valence-electron chi connectivity index (χ3n) is 2.38. The molecule has 0 saturated heterocycles. The molecule has 0 aliphatic heterocycles. The maximum Gasteiger partial charge on any atom is 0.0455 e. The van der Waals surface area contributed by atoms with Crippen LogP contribution in [0.25, 0.3) is 10.9 Å². The second-order valence-electron chi connectivity index (χ2n) is 5.19. The lowest BCUT2D eigenvalue weighted by atomic mass is 9.97. The summed E-state index contributed by atoms with van der Waals surface area (Å²) in [4.78, 5) is 3.19. The molecule has 1 aromatic heterocycles. The molecule has 0 atom stereocenters. The molecule has 0 unspecified atom stereocenters. The van der Waals surface area contributed by atoms with Crippen molar-refractivity contribution in [2.45, 2.75) is 20.8 Å². The van der Waals surface area contributed by atoms with Gasteiger partial charge in [-0.1, -0.05) is 20.8 Å². The van der Waals surface area contributed by atoms with Crippen LogP contribution in [0.2, 0.25) is 0 Å². The molecule has 1 heterocycles. The predicted molar refractivity (Wildman–Crippen MR) is 66.2 cm³/mol. The summed E-state index contributed by atoms with van der Waals surface area (Å²) in [6.45, 7) is 7.68. The van der Waals surface area contributed by atoms with Gasteiger partial charge in [-0.3, -0.25) is 0 Å². The van der Waals surface area contributed by atoms with Crippen LogP contribution in [0.5, 0.6) is 0 Å². The molecule has 0 amide bonds. The van der Waals surface area contributed by atoms with E-state index in [1.165, 1.54) is 16.6 Å². The molecule has 2 heteroatoms. The highest BCUT2D eigenvalue weighted by Crippen LogP contribution is 2.20. The first-order chi connectivity index (χ1) is 7.04. The molecule has 0 fully saturated rings. The van der Waals surface area contributed by atoms with Crippen LogP contribution < -0.4 is 5.32 Å². The minimum Gasteiger partial charge on any atom is -0.385 e. The van der Waals surface area contributed by atoms with Gasteiger partial charge in [-0.05, 0) is 29.7 Å². The largest absolute Gasteiger partial charge is 0.385 e. The third kappa shape index (κ3) is 2.52. The number of hydrogen-bond acceptors (Lipinski definition) is 1. The van der Waals surface area contributed by atoms with Crippen molar-refractivity contribution < 1.29 is 0 Å². The normalized spacial score (nSPS) is 11.9. The van der Waals surface area contributed by atoms with E-state index < -0.39 is 0 Å². The van der Waals surface area contributed by atoms with E-state index >= 15 is 0 Å². The van der Waals surface area contributed by atoms with Gasteiger partial charge in [0.2, 0.25) is 0 Å². The van der Waals surface area contributed by atoms with Gasteiger partial charge in [0, 0.05) is 29.3 Å². The van der Waals surface area contributed by atoms with Crippen LogP contribution in [0, 0.1) is 5.41 Å². The van der Waals surface area contributed by atoms with E-state index in [2.05, 4.69) is 55.3 Å². The van der Waals surface area contributed by atoms with Crippen molar-refractivity contribution in [1.82, 2.24) is 4.98 Å². The minimum atomic E-state index is 0.313. The summed E-state index contributed by atoms with van der Waals surface area (Å²) in [5.74, 6) is 0. The lowest BCUT2D eigenvalue weighted by Crippen LogP contribution is -2.18. The molecule has 0 aliphatic carbocycles. The van der Waals surface area contributed by atoms with E-state index in [4.69, 9.17) is 0 Å². The Labute approximate surface area is 90.7 Å². The topological polar surface area (TPSA) is 27.8 Å². The molecule has 0 bridgehead atoms. The quantitative estimate of drug-likeness (QED) is 0.764. The third-order valence-corrected chi connectivity index (χ3v) is 2.38. The van der Waals surface area contributed by atoms with Gasteiger partial charge in [0.25, 0.3) is 0 Å². The average Bonchev–Trinajstić information content (AvgIpc) is 2.60. The van der Waals surface area contributed by atoms with Crippen LogP contribution >= 0.6 is 0 Å². The highest BCUT2D eigenvalue weighted by molar-refractivity contribution is 5.82. The summed E-state index contributed by atoms with van der Waals surface area (Å²) < 4.78 is 0. The molecule has 0 spiro atoms. The molecular formula is C13H18N2. The van der Waals surface area contributed by atoms with E-state index in [1.807, 2.05) is 6.20 Å². The van der Waals surface area contributed by atoms with Gasteiger partial charge >= 0.3 is 0 Å². The van der Waals surface area contributed by atoms with E-state index in [-0.39, 0.29) is 0 Å². The lowest BCUT2D eigenvalue weighted by molar-refractivity contribution is 0.443. The second kappa shape index (κ2) is 3.61.